The van der Waals surface area contributed by atoms with Gasteiger partial charge in [-0.05, 0) is 44.0 Å². The lowest BCUT2D eigenvalue weighted by molar-refractivity contribution is -0.145. The minimum absolute atomic E-state index is 0.0622. The molecule has 0 bridgehead atoms. The predicted octanol–water partition coefficient (Wildman–Crippen LogP) is 2.14. The Kier molecular flexibility index (Phi) is 5.71. The lowest BCUT2D eigenvalue weighted by Gasteiger charge is -2.33. The molecule has 0 spiro atoms. The third-order valence-electron chi connectivity index (χ3n) is 4.54. The number of hydrogen-bond donors (Lipinski definition) is 1. The van der Waals surface area contributed by atoms with Crippen LogP contribution in [0.4, 0.5) is 4.39 Å². The number of aliphatic carboxylic acids is 1. The Morgan fingerprint density at radius 1 is 1.39 bits per heavy atom. The summed E-state index contributed by atoms with van der Waals surface area (Å²) < 4.78 is 13.0. The van der Waals surface area contributed by atoms with Crippen LogP contribution in [0.15, 0.2) is 24.3 Å². The molecule has 6 heteroatoms. The van der Waals surface area contributed by atoms with Gasteiger partial charge in [0.15, 0.2) is 0 Å². The van der Waals surface area contributed by atoms with Gasteiger partial charge in [0.05, 0.1) is 18.5 Å². The molecule has 0 aliphatic carbocycles. The summed E-state index contributed by atoms with van der Waals surface area (Å²) in [5, 5.41) is 9.11. The number of piperidine rings is 1. The number of nitrogens with zero attached hydrogens (tertiary/aromatic N) is 2. The average molecular weight is 322 g/mol. The molecular formula is C17H23FN2O3. The van der Waals surface area contributed by atoms with Gasteiger partial charge in [-0.2, -0.15) is 0 Å². The maximum atomic E-state index is 13.0. The number of rotatable bonds is 5. The van der Waals surface area contributed by atoms with E-state index >= 15 is 0 Å². The highest BCUT2D eigenvalue weighted by Gasteiger charge is 2.28. The van der Waals surface area contributed by atoms with Crippen LogP contribution in [0.25, 0.3) is 0 Å². The second-order valence-electron chi connectivity index (χ2n) is 6.14. The van der Waals surface area contributed by atoms with Gasteiger partial charge in [-0.15, -0.1) is 0 Å². The molecule has 0 aromatic heterocycles. The highest BCUT2D eigenvalue weighted by atomic mass is 19.1. The SMILES string of the molecule is CC(c1ccc(F)cc1)N(C)C(=O)CN1CCCC(C(=O)O)C1. The van der Waals surface area contributed by atoms with Gasteiger partial charge in [0, 0.05) is 13.6 Å². The second kappa shape index (κ2) is 7.55. The summed E-state index contributed by atoms with van der Waals surface area (Å²) in [6.07, 6.45) is 1.46. The molecule has 126 valence electrons. The van der Waals surface area contributed by atoms with Gasteiger partial charge in [-0.1, -0.05) is 12.1 Å². The molecule has 1 heterocycles. The molecule has 0 radical (unpaired) electrons. The number of hydrogen-bond acceptors (Lipinski definition) is 3. The number of likely N-dealkylation sites (N-methyl/N-ethyl adjacent to an activating group) is 1. The fraction of sp³-hybridized carbons (Fsp3) is 0.529. The van der Waals surface area contributed by atoms with E-state index in [4.69, 9.17) is 5.11 Å². The van der Waals surface area contributed by atoms with Crippen LogP contribution >= 0.6 is 0 Å². The Morgan fingerprint density at radius 3 is 2.65 bits per heavy atom. The van der Waals surface area contributed by atoms with Crippen molar-refractivity contribution in [1.29, 1.82) is 0 Å². The monoisotopic (exact) mass is 322 g/mol. The van der Waals surface area contributed by atoms with Gasteiger partial charge in [-0.25, -0.2) is 4.39 Å². The normalized spacial score (nSPS) is 20.0. The van der Waals surface area contributed by atoms with E-state index in [1.165, 1.54) is 12.1 Å². The topological polar surface area (TPSA) is 60.9 Å². The number of halogens is 1. The Morgan fingerprint density at radius 2 is 2.04 bits per heavy atom. The summed E-state index contributed by atoms with van der Waals surface area (Å²) in [6, 6.07) is 5.94. The molecule has 2 rings (SSSR count). The number of benzene rings is 1. The maximum absolute atomic E-state index is 13.0. The standard InChI is InChI=1S/C17H23FN2O3/c1-12(13-5-7-15(18)8-6-13)19(2)16(21)11-20-9-3-4-14(10-20)17(22)23/h5-8,12,14H,3-4,9-11H2,1-2H3,(H,22,23). The van der Waals surface area contributed by atoms with Crippen molar-refractivity contribution in [2.45, 2.75) is 25.8 Å². The Bertz CT molecular complexity index is 561. The number of likely N-dealkylation sites (tertiary alicyclic amines) is 1. The van der Waals surface area contributed by atoms with Gasteiger partial charge < -0.3 is 10.0 Å². The predicted molar refractivity (Wildman–Crippen MR) is 84.4 cm³/mol. The third kappa shape index (κ3) is 4.51. The molecule has 1 aromatic carbocycles. The second-order valence-corrected chi connectivity index (χ2v) is 6.14. The lowest BCUT2D eigenvalue weighted by atomic mass is 9.98. The molecule has 1 aliphatic rings. The highest BCUT2D eigenvalue weighted by molar-refractivity contribution is 5.78. The molecule has 1 aromatic rings. The average Bonchev–Trinajstić information content (AvgIpc) is 2.54. The van der Waals surface area contributed by atoms with Crippen LogP contribution in [0, 0.1) is 11.7 Å². The van der Waals surface area contributed by atoms with E-state index in [1.54, 1.807) is 24.1 Å². The van der Waals surface area contributed by atoms with E-state index in [2.05, 4.69) is 0 Å². The van der Waals surface area contributed by atoms with Crippen molar-refractivity contribution in [2.24, 2.45) is 5.92 Å². The van der Waals surface area contributed by atoms with Gasteiger partial charge in [0.25, 0.3) is 0 Å². The molecule has 1 N–H and O–H groups in total. The fourth-order valence-corrected chi connectivity index (χ4v) is 2.88. The van der Waals surface area contributed by atoms with E-state index in [0.29, 0.717) is 13.0 Å². The molecule has 23 heavy (non-hydrogen) atoms. The number of carboxylic acid groups (broad SMARTS) is 1. The smallest absolute Gasteiger partial charge is 0.307 e. The van der Waals surface area contributed by atoms with Crippen LogP contribution in [0.3, 0.4) is 0 Å². The number of amides is 1. The molecule has 1 amide bonds. The summed E-state index contributed by atoms with van der Waals surface area (Å²) >= 11 is 0. The fourth-order valence-electron chi connectivity index (χ4n) is 2.88. The Hall–Kier alpha value is -1.95. The minimum atomic E-state index is -0.796. The lowest BCUT2D eigenvalue weighted by Crippen LogP contribution is -2.45. The van der Waals surface area contributed by atoms with Crippen LogP contribution < -0.4 is 0 Å². The van der Waals surface area contributed by atoms with Crippen LogP contribution in [0.2, 0.25) is 0 Å². The maximum Gasteiger partial charge on any atom is 0.307 e. The molecule has 1 saturated heterocycles. The minimum Gasteiger partial charge on any atom is -0.481 e. The number of carbonyl (C=O) groups is 2. The van der Waals surface area contributed by atoms with E-state index in [1.807, 2.05) is 11.8 Å². The zero-order chi connectivity index (χ0) is 17.0. The van der Waals surface area contributed by atoms with Crippen molar-refractivity contribution in [3.8, 4) is 0 Å². The van der Waals surface area contributed by atoms with E-state index in [0.717, 1.165) is 18.5 Å². The van der Waals surface area contributed by atoms with Crippen LogP contribution in [0.5, 0.6) is 0 Å². The van der Waals surface area contributed by atoms with Gasteiger partial charge in [-0.3, -0.25) is 14.5 Å². The summed E-state index contributed by atoms with van der Waals surface area (Å²) in [4.78, 5) is 27.0. The molecule has 2 unspecified atom stereocenters. The number of carbonyl (C=O) groups excluding carboxylic acids is 1. The van der Waals surface area contributed by atoms with Crippen molar-refractivity contribution in [2.75, 3.05) is 26.7 Å². The molecule has 2 atom stereocenters. The first-order valence-electron chi connectivity index (χ1n) is 7.84. The molecule has 1 fully saturated rings. The highest BCUT2D eigenvalue weighted by Crippen LogP contribution is 2.21. The van der Waals surface area contributed by atoms with Crippen LogP contribution in [-0.2, 0) is 9.59 Å². The Balaban J connectivity index is 1.94. The zero-order valence-electron chi connectivity index (χ0n) is 13.5. The zero-order valence-corrected chi connectivity index (χ0v) is 13.5. The molecular weight excluding hydrogens is 299 g/mol. The summed E-state index contributed by atoms with van der Waals surface area (Å²) in [5.74, 6) is -1.55. The van der Waals surface area contributed by atoms with Gasteiger partial charge >= 0.3 is 5.97 Å². The molecule has 5 nitrogen and oxygen atoms in total. The third-order valence-corrected chi connectivity index (χ3v) is 4.54. The van der Waals surface area contributed by atoms with E-state index in [-0.39, 0.29) is 24.3 Å². The van der Waals surface area contributed by atoms with Crippen molar-refractivity contribution >= 4 is 11.9 Å². The first-order chi connectivity index (χ1) is 10.9. The summed E-state index contributed by atoms with van der Waals surface area (Å²) in [7, 11) is 1.72. The van der Waals surface area contributed by atoms with Crippen molar-refractivity contribution < 1.29 is 19.1 Å². The van der Waals surface area contributed by atoms with Crippen molar-refractivity contribution in [3.63, 3.8) is 0 Å². The molecule has 1 aliphatic heterocycles. The number of carboxylic acids is 1. The van der Waals surface area contributed by atoms with Gasteiger partial charge in [0.2, 0.25) is 5.91 Å². The van der Waals surface area contributed by atoms with Gasteiger partial charge in [0.1, 0.15) is 5.82 Å². The van der Waals surface area contributed by atoms with Crippen molar-refractivity contribution in [3.05, 3.63) is 35.6 Å². The van der Waals surface area contributed by atoms with Crippen LogP contribution in [-0.4, -0.2) is 53.5 Å². The molecule has 0 saturated carbocycles. The summed E-state index contributed by atoms with van der Waals surface area (Å²) in [5.41, 5.74) is 0.865. The Labute approximate surface area is 135 Å². The van der Waals surface area contributed by atoms with E-state index < -0.39 is 11.9 Å². The first-order valence-corrected chi connectivity index (χ1v) is 7.84. The van der Waals surface area contributed by atoms with E-state index in [9.17, 15) is 14.0 Å². The first kappa shape index (κ1) is 17.4. The van der Waals surface area contributed by atoms with Crippen LogP contribution in [0.1, 0.15) is 31.4 Å². The largest absolute Gasteiger partial charge is 0.481 e. The van der Waals surface area contributed by atoms with Crippen molar-refractivity contribution in [1.82, 2.24) is 9.80 Å². The summed E-state index contributed by atoms with van der Waals surface area (Å²) in [6.45, 7) is 3.27. The quantitative estimate of drug-likeness (QED) is 0.902.